The van der Waals surface area contributed by atoms with Crippen molar-refractivity contribution in [2.24, 2.45) is 5.92 Å². The van der Waals surface area contributed by atoms with Crippen LogP contribution in [0.3, 0.4) is 0 Å². The predicted octanol–water partition coefficient (Wildman–Crippen LogP) is 3.65. The molecule has 1 saturated heterocycles. The molecule has 5 rings (SSSR count). The molecule has 1 aliphatic rings. The summed E-state index contributed by atoms with van der Waals surface area (Å²) in [7, 11) is 0. The van der Waals surface area contributed by atoms with E-state index >= 15 is 0 Å². The summed E-state index contributed by atoms with van der Waals surface area (Å²) in [6.45, 7) is 3.17. The van der Waals surface area contributed by atoms with Gasteiger partial charge in [-0.1, -0.05) is 30.0 Å². The van der Waals surface area contributed by atoms with Gasteiger partial charge in [0.25, 0.3) is 0 Å². The average Bonchev–Trinajstić information content (AvgIpc) is 3.26. The van der Waals surface area contributed by atoms with Crippen LogP contribution in [0.2, 0.25) is 0 Å². The molecule has 1 aromatic carbocycles. The Labute approximate surface area is 161 Å². The summed E-state index contributed by atoms with van der Waals surface area (Å²) >= 11 is 1.73. The van der Waals surface area contributed by atoms with Crippen LogP contribution in [0.4, 0.5) is 5.82 Å². The summed E-state index contributed by atoms with van der Waals surface area (Å²) in [6.07, 6.45) is 8.22. The zero-order valence-electron chi connectivity index (χ0n) is 15.0. The van der Waals surface area contributed by atoms with E-state index in [0.717, 1.165) is 41.1 Å². The second kappa shape index (κ2) is 6.90. The number of anilines is 1. The number of nitrogens with one attached hydrogen (secondary N) is 2. The molecule has 0 atom stereocenters. The van der Waals surface area contributed by atoms with Crippen LogP contribution in [0.5, 0.6) is 0 Å². The lowest BCUT2D eigenvalue weighted by Gasteiger charge is -2.23. The van der Waals surface area contributed by atoms with E-state index in [2.05, 4.69) is 55.4 Å². The van der Waals surface area contributed by atoms with Gasteiger partial charge in [0, 0.05) is 39.6 Å². The highest BCUT2D eigenvalue weighted by Gasteiger charge is 2.19. The Balaban J connectivity index is 1.55. The van der Waals surface area contributed by atoms with Crippen LogP contribution in [0, 0.1) is 5.92 Å². The number of para-hydroxylation sites is 1. The molecule has 4 heterocycles. The van der Waals surface area contributed by atoms with Gasteiger partial charge in [-0.25, -0.2) is 9.97 Å². The number of aromatic amines is 1. The minimum absolute atomic E-state index is 0.548. The molecular formula is C20H22N6S. The molecule has 7 heteroatoms. The van der Waals surface area contributed by atoms with Crippen molar-refractivity contribution in [3.8, 4) is 0 Å². The lowest BCUT2D eigenvalue weighted by Crippen LogP contribution is -2.29. The number of benzene rings is 1. The maximum Gasteiger partial charge on any atom is 0.146 e. The Morgan fingerprint density at radius 1 is 1.15 bits per heavy atom. The van der Waals surface area contributed by atoms with E-state index < -0.39 is 0 Å². The number of nitrogen functional groups attached to an aromatic ring is 1. The van der Waals surface area contributed by atoms with Gasteiger partial charge in [0.15, 0.2) is 0 Å². The molecule has 138 valence electrons. The Kier molecular flexibility index (Phi) is 4.26. The van der Waals surface area contributed by atoms with Gasteiger partial charge >= 0.3 is 0 Å². The van der Waals surface area contributed by atoms with Crippen LogP contribution in [0.25, 0.3) is 21.9 Å². The van der Waals surface area contributed by atoms with Gasteiger partial charge in [-0.05, 0) is 37.9 Å². The van der Waals surface area contributed by atoms with E-state index in [1.807, 2.05) is 6.07 Å². The first kappa shape index (κ1) is 16.6. The molecule has 0 amide bonds. The lowest BCUT2D eigenvalue weighted by molar-refractivity contribution is 0.336. The van der Waals surface area contributed by atoms with Crippen molar-refractivity contribution in [2.45, 2.75) is 29.2 Å². The lowest BCUT2D eigenvalue weighted by atomic mass is 9.98. The van der Waals surface area contributed by atoms with E-state index in [1.165, 1.54) is 23.1 Å². The Morgan fingerprint density at radius 3 is 2.89 bits per heavy atom. The summed E-state index contributed by atoms with van der Waals surface area (Å²) in [5.74, 6) is 1.22. The second-order valence-electron chi connectivity index (χ2n) is 7.10. The zero-order chi connectivity index (χ0) is 18.2. The maximum atomic E-state index is 6.25. The number of hydrogen-bond donors (Lipinski definition) is 3. The van der Waals surface area contributed by atoms with E-state index in [-0.39, 0.29) is 0 Å². The molecule has 0 bridgehead atoms. The summed E-state index contributed by atoms with van der Waals surface area (Å²) in [5, 5.41) is 5.62. The summed E-state index contributed by atoms with van der Waals surface area (Å²) < 4.78 is 2.26. The molecule has 1 aliphatic heterocycles. The largest absolute Gasteiger partial charge is 0.383 e. The second-order valence-corrected chi connectivity index (χ2v) is 8.18. The third-order valence-electron chi connectivity index (χ3n) is 5.33. The van der Waals surface area contributed by atoms with Crippen LogP contribution in [0.1, 0.15) is 12.8 Å². The number of fused-ring (bicyclic) bond motifs is 2. The topological polar surface area (TPSA) is 84.6 Å². The molecule has 0 radical (unpaired) electrons. The van der Waals surface area contributed by atoms with Gasteiger partial charge in [-0.2, -0.15) is 0 Å². The Bertz CT molecular complexity index is 1090. The smallest absolute Gasteiger partial charge is 0.146 e. The van der Waals surface area contributed by atoms with Crippen molar-refractivity contribution in [3.05, 3.63) is 43.0 Å². The number of rotatable bonds is 4. The number of H-pyrrole nitrogens is 1. The first-order valence-electron chi connectivity index (χ1n) is 9.33. The standard InChI is InChI=1S/C20H22N6S/c21-19-18-17(27-16-9-23-15-4-2-1-3-14(15)16)11-26(20(18)25-12-24-19)10-13-5-7-22-8-6-13/h1-4,9,11-13,22-23H,5-8,10H2,(H2,21,24,25). The van der Waals surface area contributed by atoms with Crippen molar-refractivity contribution in [1.82, 2.24) is 24.8 Å². The monoisotopic (exact) mass is 378 g/mol. The van der Waals surface area contributed by atoms with Crippen molar-refractivity contribution in [1.29, 1.82) is 0 Å². The molecule has 6 nitrogen and oxygen atoms in total. The molecule has 1 fully saturated rings. The summed E-state index contributed by atoms with van der Waals surface area (Å²) in [4.78, 5) is 14.4. The molecule has 0 unspecified atom stereocenters. The highest BCUT2D eigenvalue weighted by molar-refractivity contribution is 7.99. The van der Waals surface area contributed by atoms with E-state index in [4.69, 9.17) is 5.73 Å². The summed E-state index contributed by atoms with van der Waals surface area (Å²) in [6, 6.07) is 8.35. The fraction of sp³-hybridized carbons (Fsp3) is 0.300. The van der Waals surface area contributed by atoms with Crippen molar-refractivity contribution in [2.75, 3.05) is 18.8 Å². The van der Waals surface area contributed by atoms with E-state index in [9.17, 15) is 0 Å². The van der Waals surface area contributed by atoms with Gasteiger partial charge in [-0.15, -0.1) is 0 Å². The minimum atomic E-state index is 0.548. The van der Waals surface area contributed by atoms with Gasteiger partial charge < -0.3 is 20.6 Å². The van der Waals surface area contributed by atoms with Crippen LogP contribution in [0.15, 0.2) is 52.8 Å². The van der Waals surface area contributed by atoms with Gasteiger partial charge in [0.05, 0.1) is 5.39 Å². The Hall–Kier alpha value is -2.51. The molecule has 4 aromatic rings. The number of aromatic nitrogens is 4. The van der Waals surface area contributed by atoms with Crippen molar-refractivity contribution in [3.63, 3.8) is 0 Å². The number of hydrogen-bond acceptors (Lipinski definition) is 5. The third kappa shape index (κ3) is 3.07. The normalized spacial score (nSPS) is 15.7. The highest BCUT2D eigenvalue weighted by atomic mass is 32.2. The van der Waals surface area contributed by atoms with Crippen molar-refractivity contribution >= 4 is 39.5 Å². The number of nitrogens with zero attached hydrogens (tertiary/aromatic N) is 3. The zero-order valence-corrected chi connectivity index (χ0v) is 15.8. The first-order valence-corrected chi connectivity index (χ1v) is 10.2. The summed E-state index contributed by atoms with van der Waals surface area (Å²) in [5.41, 5.74) is 8.32. The quantitative estimate of drug-likeness (QED) is 0.505. The molecule has 0 spiro atoms. The minimum Gasteiger partial charge on any atom is -0.383 e. The van der Waals surface area contributed by atoms with Crippen LogP contribution in [-0.4, -0.2) is 32.6 Å². The molecular weight excluding hydrogens is 356 g/mol. The number of nitrogens with two attached hydrogens (primary N) is 1. The molecule has 4 N–H and O–H groups in total. The molecule has 0 aliphatic carbocycles. The first-order chi connectivity index (χ1) is 13.3. The van der Waals surface area contributed by atoms with Crippen molar-refractivity contribution < 1.29 is 0 Å². The molecule has 0 saturated carbocycles. The predicted molar refractivity (Wildman–Crippen MR) is 110 cm³/mol. The SMILES string of the molecule is Nc1ncnc2c1c(Sc1c[nH]c3ccccc13)cn2CC1CCNCC1. The van der Waals surface area contributed by atoms with E-state index in [0.29, 0.717) is 11.7 Å². The van der Waals surface area contributed by atoms with Gasteiger partial charge in [0.1, 0.15) is 17.8 Å². The third-order valence-corrected chi connectivity index (χ3v) is 6.42. The van der Waals surface area contributed by atoms with Crippen LogP contribution >= 0.6 is 11.8 Å². The fourth-order valence-electron chi connectivity index (χ4n) is 3.92. The highest BCUT2D eigenvalue weighted by Crippen LogP contribution is 2.39. The number of piperidine rings is 1. The Morgan fingerprint density at radius 2 is 2.00 bits per heavy atom. The van der Waals surface area contributed by atoms with Crippen LogP contribution in [-0.2, 0) is 6.54 Å². The van der Waals surface area contributed by atoms with Gasteiger partial charge in [0.2, 0.25) is 0 Å². The molecule has 27 heavy (non-hydrogen) atoms. The average molecular weight is 379 g/mol. The maximum absolute atomic E-state index is 6.25. The van der Waals surface area contributed by atoms with Gasteiger partial charge in [-0.3, -0.25) is 0 Å². The molecule has 3 aromatic heterocycles. The fourth-order valence-corrected chi connectivity index (χ4v) is 5.04. The van der Waals surface area contributed by atoms with Crippen LogP contribution < -0.4 is 11.1 Å². The van der Waals surface area contributed by atoms with E-state index in [1.54, 1.807) is 18.1 Å².